The molecule has 2 saturated heterocycles. The summed E-state index contributed by atoms with van der Waals surface area (Å²) in [5.74, 6) is -0.0884. The smallest absolute Gasteiger partial charge is 0.228 e. The van der Waals surface area contributed by atoms with E-state index in [1.807, 2.05) is 0 Å². The lowest BCUT2D eigenvalue weighted by molar-refractivity contribution is -0.136. The second-order valence-corrected chi connectivity index (χ2v) is 10.1. The van der Waals surface area contributed by atoms with Crippen LogP contribution in [0.1, 0.15) is 19.3 Å². The maximum atomic E-state index is 13.2. The molecule has 2 aliphatic heterocycles. The van der Waals surface area contributed by atoms with Gasteiger partial charge in [0.1, 0.15) is 5.75 Å². The summed E-state index contributed by atoms with van der Waals surface area (Å²) in [7, 11) is -1.91. The van der Waals surface area contributed by atoms with Crippen molar-refractivity contribution in [1.29, 1.82) is 0 Å². The van der Waals surface area contributed by atoms with Crippen LogP contribution in [-0.2, 0) is 19.4 Å². The largest absolute Gasteiger partial charge is 0.497 e. The summed E-state index contributed by atoms with van der Waals surface area (Å²) in [5.41, 5.74) is 0.728. The topological polar surface area (TPSA) is 84.0 Å². The number of rotatable bonds is 6. The molecule has 0 N–H and O–H groups in total. The van der Waals surface area contributed by atoms with Crippen LogP contribution in [0.15, 0.2) is 59.5 Å². The number of ether oxygens (including phenoxy) is 1. The van der Waals surface area contributed by atoms with Crippen molar-refractivity contribution in [3.63, 3.8) is 0 Å². The monoisotopic (exact) mass is 442 g/mol. The van der Waals surface area contributed by atoms with Crippen molar-refractivity contribution in [3.8, 4) is 5.75 Å². The number of hydrogen-bond acceptors (Lipinski definition) is 5. The molecule has 31 heavy (non-hydrogen) atoms. The van der Waals surface area contributed by atoms with Gasteiger partial charge in [0.15, 0.2) is 9.84 Å². The molecule has 0 aliphatic carbocycles. The quantitative estimate of drug-likeness (QED) is 0.686. The first kappa shape index (κ1) is 21.4. The highest BCUT2D eigenvalue weighted by atomic mass is 32.2. The summed E-state index contributed by atoms with van der Waals surface area (Å²) < 4.78 is 30.8. The normalized spacial score (nSPS) is 21.5. The van der Waals surface area contributed by atoms with Crippen molar-refractivity contribution in [2.45, 2.75) is 30.2 Å². The molecule has 2 aliphatic rings. The van der Waals surface area contributed by atoms with E-state index in [1.165, 1.54) is 0 Å². The van der Waals surface area contributed by atoms with Crippen LogP contribution in [0.4, 0.5) is 5.69 Å². The minimum atomic E-state index is -3.49. The fourth-order valence-corrected chi connectivity index (χ4v) is 6.01. The Hall–Kier alpha value is -2.87. The predicted octanol–water partition coefficient (Wildman–Crippen LogP) is 2.51. The number of methoxy groups -OCH3 is 1. The molecule has 0 aromatic heterocycles. The molecule has 7 nitrogen and oxygen atoms in total. The number of carbonyl (C=O) groups excluding carboxylic acids is 2. The van der Waals surface area contributed by atoms with Gasteiger partial charge in [-0.05, 0) is 49.2 Å². The standard InChI is InChI=1S/C23H26N2O5S/c1-30-20-11-9-18(10-12-20)25-15-17(14-22(25)26)23(27)24-13-5-6-19(24)16-31(28,29)21-7-3-2-4-8-21/h2-4,7-12,17,19H,5-6,13-16H2,1H3. The molecule has 2 aromatic rings. The lowest BCUT2D eigenvalue weighted by atomic mass is 10.1. The van der Waals surface area contributed by atoms with E-state index in [1.54, 1.807) is 71.5 Å². The first-order valence-electron chi connectivity index (χ1n) is 10.4. The molecule has 4 rings (SSSR count). The number of sulfone groups is 1. The van der Waals surface area contributed by atoms with Crippen molar-refractivity contribution in [2.24, 2.45) is 5.92 Å². The number of nitrogens with zero attached hydrogens (tertiary/aromatic N) is 2. The molecule has 0 bridgehead atoms. The van der Waals surface area contributed by atoms with Crippen molar-refractivity contribution in [1.82, 2.24) is 4.90 Å². The molecule has 2 fully saturated rings. The summed E-state index contributed by atoms with van der Waals surface area (Å²) in [6.45, 7) is 0.833. The van der Waals surface area contributed by atoms with Gasteiger partial charge in [0, 0.05) is 31.2 Å². The summed E-state index contributed by atoms with van der Waals surface area (Å²) in [5, 5.41) is 0. The molecular formula is C23H26N2O5S. The van der Waals surface area contributed by atoms with Gasteiger partial charge in [0.2, 0.25) is 11.8 Å². The summed E-state index contributed by atoms with van der Waals surface area (Å²) in [6.07, 6.45) is 1.56. The van der Waals surface area contributed by atoms with Crippen molar-refractivity contribution in [3.05, 3.63) is 54.6 Å². The van der Waals surface area contributed by atoms with Crippen molar-refractivity contribution < 1.29 is 22.7 Å². The van der Waals surface area contributed by atoms with Gasteiger partial charge in [-0.2, -0.15) is 0 Å². The highest BCUT2D eigenvalue weighted by Gasteiger charge is 2.41. The first-order valence-corrected chi connectivity index (χ1v) is 12.1. The van der Waals surface area contributed by atoms with E-state index < -0.39 is 15.8 Å². The Kier molecular flexibility index (Phi) is 6.00. The van der Waals surface area contributed by atoms with Gasteiger partial charge in [0.05, 0.1) is 23.7 Å². The van der Waals surface area contributed by atoms with E-state index >= 15 is 0 Å². The fourth-order valence-electron chi connectivity index (χ4n) is 4.40. The summed E-state index contributed by atoms with van der Waals surface area (Å²) in [6, 6.07) is 15.1. The van der Waals surface area contributed by atoms with Crippen molar-refractivity contribution in [2.75, 3.05) is 30.9 Å². The Morgan fingerprint density at radius 3 is 2.48 bits per heavy atom. The minimum Gasteiger partial charge on any atom is -0.497 e. The second kappa shape index (κ2) is 8.70. The highest BCUT2D eigenvalue weighted by Crippen LogP contribution is 2.30. The Morgan fingerprint density at radius 2 is 1.81 bits per heavy atom. The van der Waals surface area contributed by atoms with Crippen LogP contribution in [0.25, 0.3) is 0 Å². The van der Waals surface area contributed by atoms with Gasteiger partial charge < -0.3 is 14.5 Å². The van der Waals surface area contributed by atoms with Crippen LogP contribution in [0.3, 0.4) is 0 Å². The van der Waals surface area contributed by atoms with Crippen LogP contribution >= 0.6 is 0 Å². The van der Waals surface area contributed by atoms with Gasteiger partial charge >= 0.3 is 0 Å². The zero-order valence-corrected chi connectivity index (χ0v) is 18.3. The third-order valence-electron chi connectivity index (χ3n) is 6.03. The third-order valence-corrected chi connectivity index (χ3v) is 7.85. The highest BCUT2D eigenvalue weighted by molar-refractivity contribution is 7.91. The molecule has 2 aromatic carbocycles. The first-order chi connectivity index (χ1) is 14.9. The molecule has 0 saturated carbocycles. The van der Waals surface area contributed by atoms with E-state index in [9.17, 15) is 18.0 Å². The Bertz CT molecular complexity index is 1050. The Balaban J connectivity index is 1.45. The maximum absolute atomic E-state index is 13.2. The molecule has 2 amide bonds. The molecule has 0 radical (unpaired) electrons. The number of hydrogen-bond donors (Lipinski definition) is 0. The van der Waals surface area contributed by atoms with Gasteiger partial charge in [-0.1, -0.05) is 18.2 Å². The Morgan fingerprint density at radius 1 is 1.10 bits per heavy atom. The van der Waals surface area contributed by atoms with Gasteiger partial charge in [-0.15, -0.1) is 0 Å². The fraction of sp³-hybridized carbons (Fsp3) is 0.391. The van der Waals surface area contributed by atoms with E-state index in [0.717, 1.165) is 12.1 Å². The number of likely N-dealkylation sites (tertiary alicyclic amines) is 1. The average molecular weight is 443 g/mol. The second-order valence-electron chi connectivity index (χ2n) is 8.03. The van der Waals surface area contributed by atoms with Gasteiger partial charge in [-0.3, -0.25) is 9.59 Å². The summed E-state index contributed by atoms with van der Waals surface area (Å²) in [4.78, 5) is 29.4. The zero-order valence-electron chi connectivity index (χ0n) is 17.4. The van der Waals surface area contributed by atoms with Crippen LogP contribution in [0.5, 0.6) is 5.75 Å². The lowest BCUT2D eigenvalue weighted by Gasteiger charge is -2.27. The van der Waals surface area contributed by atoms with Gasteiger partial charge in [0.25, 0.3) is 0 Å². The molecular weight excluding hydrogens is 416 g/mol. The number of carbonyl (C=O) groups is 2. The minimum absolute atomic E-state index is 0.0917. The average Bonchev–Trinajstić information content (AvgIpc) is 3.40. The van der Waals surface area contributed by atoms with E-state index in [-0.39, 0.29) is 34.9 Å². The van der Waals surface area contributed by atoms with Crippen LogP contribution < -0.4 is 9.64 Å². The zero-order chi connectivity index (χ0) is 22.0. The van der Waals surface area contributed by atoms with Crippen LogP contribution in [0.2, 0.25) is 0 Å². The Labute approximate surface area is 182 Å². The van der Waals surface area contributed by atoms with E-state index in [4.69, 9.17) is 4.74 Å². The molecule has 0 spiro atoms. The SMILES string of the molecule is COc1ccc(N2CC(C(=O)N3CCCC3CS(=O)(=O)c3ccccc3)CC2=O)cc1. The molecule has 2 heterocycles. The van der Waals surface area contributed by atoms with Gasteiger partial charge in [-0.25, -0.2) is 8.42 Å². The predicted molar refractivity (Wildman–Crippen MR) is 117 cm³/mol. The maximum Gasteiger partial charge on any atom is 0.228 e. The van der Waals surface area contributed by atoms with Crippen molar-refractivity contribution >= 4 is 27.3 Å². The molecule has 2 unspecified atom stereocenters. The van der Waals surface area contributed by atoms with Crippen LogP contribution in [-0.4, -0.2) is 57.1 Å². The molecule has 164 valence electrons. The lowest BCUT2D eigenvalue weighted by Crippen LogP contribution is -2.43. The van der Waals surface area contributed by atoms with E-state index in [0.29, 0.717) is 25.3 Å². The number of anilines is 1. The number of amides is 2. The van der Waals surface area contributed by atoms with E-state index in [2.05, 4.69) is 0 Å². The number of benzene rings is 2. The molecule has 2 atom stereocenters. The third kappa shape index (κ3) is 4.44. The summed E-state index contributed by atoms with van der Waals surface area (Å²) >= 11 is 0. The molecule has 8 heteroatoms. The van der Waals surface area contributed by atoms with Crippen LogP contribution in [0, 0.1) is 5.92 Å².